The smallest absolute Gasteiger partial charge is 0.347 e. The van der Waals surface area contributed by atoms with Gasteiger partial charge in [-0.3, -0.25) is 9.59 Å². The Bertz CT molecular complexity index is 2920. The fraction of sp³-hybridized carbons (Fsp3) is 0. The van der Waals surface area contributed by atoms with Gasteiger partial charge in [-0.2, -0.15) is 0 Å². The van der Waals surface area contributed by atoms with Crippen molar-refractivity contribution in [1.29, 1.82) is 0 Å². The molecule has 2 heterocycles. The number of rotatable bonds is 12. The molecule has 8 rings (SSSR count). The van der Waals surface area contributed by atoms with E-state index in [2.05, 4.69) is 20.1 Å². The summed E-state index contributed by atoms with van der Waals surface area (Å²) >= 11 is 0. The van der Waals surface area contributed by atoms with Crippen LogP contribution in [0.1, 0.15) is 82.9 Å². The van der Waals surface area contributed by atoms with E-state index < -0.39 is 47.6 Å². The van der Waals surface area contributed by atoms with Gasteiger partial charge in [-0.25, -0.2) is 28.8 Å². The number of benzene rings is 6. The second kappa shape index (κ2) is 15.7. The Balaban J connectivity index is 0.926. The number of cyclic esters (lactones) is 4. The molecule has 0 spiro atoms. The van der Waals surface area contributed by atoms with Crippen molar-refractivity contribution in [3.8, 4) is 34.5 Å². The van der Waals surface area contributed by atoms with E-state index in [4.69, 9.17) is 14.2 Å². The van der Waals surface area contributed by atoms with Crippen molar-refractivity contribution in [2.24, 2.45) is 0 Å². The van der Waals surface area contributed by atoms with Gasteiger partial charge >= 0.3 is 35.8 Å². The molecule has 6 aromatic carbocycles. The number of hydrogen-bond acceptors (Lipinski definition) is 13. The summed E-state index contributed by atoms with van der Waals surface area (Å²) < 4.78 is 26.6. The third-order valence-corrected chi connectivity index (χ3v) is 9.08. The number of carboxylic acids is 2. The van der Waals surface area contributed by atoms with Gasteiger partial charge in [0.15, 0.2) is 0 Å². The molecule has 17 heteroatoms. The van der Waals surface area contributed by atoms with E-state index in [1.807, 2.05) is 0 Å². The highest BCUT2D eigenvalue weighted by atomic mass is 16.6. The molecular weight excluding hydrogens is 796 g/mol. The second-order valence-electron chi connectivity index (χ2n) is 13.1. The predicted octanol–water partition coefficient (Wildman–Crippen LogP) is 7.59. The number of ether oxygens (including phenoxy) is 5. The second-order valence-corrected chi connectivity index (χ2v) is 13.1. The molecule has 2 aliphatic rings. The molecule has 6 aromatic rings. The SMILES string of the molecule is O=C(O)c1ccc(Oc2ccc3c(c2)C(=O)OC3=O)cc1C(=O)Nc1ccc(Oc2cccc(NC(=O)c3cc(Oc4ccc5c(c4)C(=O)OC5=O)ccc3C(=O)O)c2)cc1. The number of hydrogen-bond donors (Lipinski definition) is 4. The summed E-state index contributed by atoms with van der Waals surface area (Å²) in [5, 5.41) is 24.8. The van der Waals surface area contributed by atoms with Crippen molar-refractivity contribution < 1.29 is 72.3 Å². The van der Waals surface area contributed by atoms with Crippen LogP contribution in [0.25, 0.3) is 0 Å². The van der Waals surface area contributed by atoms with E-state index in [0.29, 0.717) is 5.75 Å². The zero-order valence-corrected chi connectivity index (χ0v) is 30.7. The zero-order valence-electron chi connectivity index (χ0n) is 30.7. The predicted molar refractivity (Wildman–Crippen MR) is 208 cm³/mol. The fourth-order valence-corrected chi connectivity index (χ4v) is 6.23. The number of esters is 4. The fourth-order valence-electron chi connectivity index (χ4n) is 6.23. The molecule has 0 saturated carbocycles. The molecule has 2 aliphatic heterocycles. The highest BCUT2D eigenvalue weighted by Gasteiger charge is 2.31. The Morgan fingerprint density at radius 1 is 0.393 bits per heavy atom. The van der Waals surface area contributed by atoms with E-state index in [0.717, 1.165) is 0 Å². The molecule has 17 nitrogen and oxygen atoms in total. The summed E-state index contributed by atoms with van der Waals surface area (Å²) in [5.74, 6) is -6.58. The zero-order chi connectivity index (χ0) is 42.9. The van der Waals surface area contributed by atoms with E-state index in [9.17, 15) is 48.6 Å². The average molecular weight is 821 g/mol. The maximum atomic E-state index is 13.4. The molecule has 2 amide bonds. The Morgan fingerprint density at radius 2 is 0.787 bits per heavy atom. The van der Waals surface area contributed by atoms with Crippen molar-refractivity contribution in [3.63, 3.8) is 0 Å². The van der Waals surface area contributed by atoms with Crippen LogP contribution in [0.2, 0.25) is 0 Å². The van der Waals surface area contributed by atoms with Crippen LogP contribution in [-0.2, 0) is 9.47 Å². The maximum Gasteiger partial charge on any atom is 0.347 e. The number of amides is 2. The minimum absolute atomic E-state index is 0.000157. The number of carboxylic acid groups (broad SMARTS) is 2. The lowest BCUT2D eigenvalue weighted by atomic mass is 10.1. The van der Waals surface area contributed by atoms with Crippen molar-refractivity contribution >= 4 is 59.0 Å². The van der Waals surface area contributed by atoms with E-state index in [1.54, 1.807) is 18.2 Å². The summed E-state index contributed by atoms with van der Waals surface area (Å²) in [5.41, 5.74) is -0.456. The Morgan fingerprint density at radius 3 is 1.28 bits per heavy atom. The van der Waals surface area contributed by atoms with Crippen molar-refractivity contribution in [2.45, 2.75) is 0 Å². The molecule has 0 aliphatic carbocycles. The first kappa shape index (κ1) is 38.7. The number of carbonyl (C=O) groups excluding carboxylic acids is 6. The standard InChI is InChI=1S/C44H24N2O15/c47-37(33-17-25(8-12-29(33)39(49)50)58-27-10-14-31-35(19-27)43(55)60-41(31)53)45-21-4-6-23(7-5-21)57-24-3-1-2-22(16-24)46-38(48)34-18-26(9-13-30(34)40(51)52)59-28-11-15-32-36(20-28)44(56)61-42(32)54/h1-20H,(H,45,47)(H,46,48)(H,49,50)(H,51,52). The van der Waals surface area contributed by atoms with Crippen LogP contribution in [0.15, 0.2) is 121 Å². The molecule has 0 radical (unpaired) electrons. The first-order valence-corrected chi connectivity index (χ1v) is 17.7. The third kappa shape index (κ3) is 8.05. The van der Waals surface area contributed by atoms with Crippen LogP contribution in [0.4, 0.5) is 11.4 Å². The largest absolute Gasteiger partial charge is 0.478 e. The van der Waals surface area contributed by atoms with Gasteiger partial charge < -0.3 is 44.5 Å². The van der Waals surface area contributed by atoms with Crippen LogP contribution in [0.3, 0.4) is 0 Å². The van der Waals surface area contributed by atoms with Crippen molar-refractivity contribution in [2.75, 3.05) is 10.6 Å². The summed E-state index contributed by atoms with van der Waals surface area (Å²) in [6, 6.07) is 27.8. The first-order chi connectivity index (χ1) is 29.3. The van der Waals surface area contributed by atoms with Gasteiger partial charge in [0, 0.05) is 17.4 Å². The third-order valence-electron chi connectivity index (χ3n) is 9.08. The highest BCUT2D eigenvalue weighted by Crippen LogP contribution is 2.32. The molecule has 4 N–H and O–H groups in total. The van der Waals surface area contributed by atoms with E-state index in [-0.39, 0.29) is 84.6 Å². The Labute approximate surface area is 341 Å². The van der Waals surface area contributed by atoms with Crippen molar-refractivity contribution in [3.05, 3.63) is 166 Å². The van der Waals surface area contributed by atoms with Gasteiger partial charge in [0.2, 0.25) is 0 Å². The molecule has 0 atom stereocenters. The van der Waals surface area contributed by atoms with Crippen LogP contribution >= 0.6 is 0 Å². The Hall–Kier alpha value is -9.12. The summed E-state index contributed by atoms with van der Waals surface area (Å²) in [6.45, 7) is 0. The van der Waals surface area contributed by atoms with Gasteiger partial charge in [0.05, 0.1) is 44.5 Å². The van der Waals surface area contributed by atoms with Gasteiger partial charge in [-0.05, 0) is 109 Å². The molecule has 0 aromatic heterocycles. The number of aromatic carboxylic acids is 2. The minimum Gasteiger partial charge on any atom is -0.478 e. The molecule has 0 unspecified atom stereocenters. The first-order valence-electron chi connectivity index (χ1n) is 17.7. The van der Waals surface area contributed by atoms with Crippen molar-refractivity contribution in [1.82, 2.24) is 0 Å². The molecule has 0 fully saturated rings. The maximum absolute atomic E-state index is 13.4. The number of nitrogens with one attached hydrogen (secondary N) is 2. The lowest BCUT2D eigenvalue weighted by Crippen LogP contribution is -2.16. The molecule has 61 heavy (non-hydrogen) atoms. The van der Waals surface area contributed by atoms with E-state index in [1.165, 1.54) is 103 Å². The summed E-state index contributed by atoms with van der Waals surface area (Å²) in [7, 11) is 0. The van der Waals surface area contributed by atoms with Gasteiger partial charge in [0.1, 0.15) is 34.5 Å². The summed E-state index contributed by atoms with van der Waals surface area (Å²) in [6.07, 6.45) is 0. The lowest BCUT2D eigenvalue weighted by molar-refractivity contribution is 0.0425. The number of anilines is 2. The van der Waals surface area contributed by atoms with Gasteiger partial charge in [-0.1, -0.05) is 6.07 Å². The quantitative estimate of drug-likeness (QED) is 0.0686. The molecular formula is C44H24N2O15. The Kier molecular flexibility index (Phi) is 9.95. The topological polar surface area (TPSA) is 247 Å². The monoisotopic (exact) mass is 820 g/mol. The number of carbonyl (C=O) groups is 8. The van der Waals surface area contributed by atoms with E-state index >= 15 is 0 Å². The minimum atomic E-state index is -1.38. The normalized spacial score (nSPS) is 12.4. The molecule has 0 bridgehead atoms. The lowest BCUT2D eigenvalue weighted by Gasteiger charge is -2.13. The number of fused-ring (bicyclic) bond motifs is 2. The average Bonchev–Trinajstić information content (AvgIpc) is 3.69. The van der Waals surface area contributed by atoms with Crippen LogP contribution in [0, 0.1) is 0 Å². The van der Waals surface area contributed by atoms with Gasteiger partial charge in [0.25, 0.3) is 11.8 Å². The molecule has 300 valence electrons. The summed E-state index contributed by atoms with van der Waals surface area (Å²) in [4.78, 5) is 98.2. The van der Waals surface area contributed by atoms with Crippen LogP contribution in [-0.4, -0.2) is 57.8 Å². The van der Waals surface area contributed by atoms with Crippen LogP contribution < -0.4 is 24.8 Å². The van der Waals surface area contributed by atoms with Gasteiger partial charge in [-0.15, -0.1) is 0 Å². The van der Waals surface area contributed by atoms with Crippen LogP contribution in [0.5, 0.6) is 34.5 Å². The highest BCUT2D eigenvalue weighted by molar-refractivity contribution is 6.16. The molecule has 0 saturated heterocycles.